The molecule has 1 fully saturated rings. The van der Waals surface area contributed by atoms with Crippen molar-refractivity contribution in [3.63, 3.8) is 0 Å². The summed E-state index contributed by atoms with van der Waals surface area (Å²) in [6.07, 6.45) is 2.24. The second-order valence-corrected chi connectivity index (χ2v) is 7.33. The van der Waals surface area contributed by atoms with E-state index >= 15 is 0 Å². The molecule has 1 saturated heterocycles. The molecular formula is C21H37N5O2. The van der Waals surface area contributed by atoms with Crippen molar-refractivity contribution in [2.24, 2.45) is 10.9 Å². The van der Waals surface area contributed by atoms with Gasteiger partial charge in [0, 0.05) is 71.8 Å². The first kappa shape index (κ1) is 22.3. The number of nitrogens with one attached hydrogen (secondary N) is 2. The normalized spacial score (nSPS) is 17.2. The lowest BCUT2D eigenvalue weighted by atomic mass is 10.1. The first-order chi connectivity index (χ1) is 13.7. The van der Waals surface area contributed by atoms with Gasteiger partial charge in [-0.2, -0.15) is 0 Å². The molecule has 1 unspecified atom stereocenters. The summed E-state index contributed by atoms with van der Waals surface area (Å²) in [6.45, 7) is 6.79. The SMILES string of the molecule is CN=C(NCCN(C)CCCOC)NCC1CCN(c2cccc(OC)c2)C1. The van der Waals surface area contributed by atoms with Crippen LogP contribution in [0.1, 0.15) is 12.8 Å². The highest BCUT2D eigenvalue weighted by Gasteiger charge is 2.23. The molecular weight excluding hydrogens is 354 g/mol. The Morgan fingerprint density at radius 1 is 1.29 bits per heavy atom. The summed E-state index contributed by atoms with van der Waals surface area (Å²) in [4.78, 5) is 9.09. The van der Waals surface area contributed by atoms with Crippen LogP contribution in [0.25, 0.3) is 0 Å². The highest BCUT2D eigenvalue weighted by atomic mass is 16.5. The van der Waals surface area contributed by atoms with E-state index in [9.17, 15) is 0 Å². The molecule has 1 heterocycles. The lowest BCUT2D eigenvalue weighted by molar-refractivity contribution is 0.180. The number of hydrogen-bond acceptors (Lipinski definition) is 5. The number of likely N-dealkylation sites (N-methyl/N-ethyl adjacent to an activating group) is 1. The monoisotopic (exact) mass is 391 g/mol. The van der Waals surface area contributed by atoms with Crippen molar-refractivity contribution in [1.29, 1.82) is 0 Å². The highest BCUT2D eigenvalue weighted by molar-refractivity contribution is 5.79. The van der Waals surface area contributed by atoms with E-state index in [-0.39, 0.29) is 0 Å². The molecule has 0 bridgehead atoms. The van der Waals surface area contributed by atoms with Gasteiger partial charge in [0.1, 0.15) is 5.75 Å². The highest BCUT2D eigenvalue weighted by Crippen LogP contribution is 2.26. The van der Waals surface area contributed by atoms with E-state index in [1.807, 2.05) is 13.1 Å². The van der Waals surface area contributed by atoms with Crippen LogP contribution in [0.4, 0.5) is 5.69 Å². The molecule has 0 saturated carbocycles. The minimum atomic E-state index is 0.612. The molecule has 1 aliphatic heterocycles. The van der Waals surface area contributed by atoms with Gasteiger partial charge in [0.05, 0.1) is 7.11 Å². The van der Waals surface area contributed by atoms with E-state index in [0.29, 0.717) is 5.92 Å². The number of aliphatic imine (C=N–C) groups is 1. The number of nitrogens with zero attached hydrogens (tertiary/aromatic N) is 3. The third-order valence-electron chi connectivity index (χ3n) is 5.16. The zero-order valence-corrected chi connectivity index (χ0v) is 17.9. The van der Waals surface area contributed by atoms with E-state index < -0.39 is 0 Å². The number of anilines is 1. The smallest absolute Gasteiger partial charge is 0.191 e. The summed E-state index contributed by atoms with van der Waals surface area (Å²) >= 11 is 0. The van der Waals surface area contributed by atoms with Gasteiger partial charge in [0.25, 0.3) is 0 Å². The second kappa shape index (κ2) is 12.5. The summed E-state index contributed by atoms with van der Waals surface area (Å²) in [5.41, 5.74) is 1.24. The van der Waals surface area contributed by atoms with Crippen LogP contribution in [0, 0.1) is 5.92 Å². The molecule has 2 rings (SSSR count). The van der Waals surface area contributed by atoms with Gasteiger partial charge in [0.15, 0.2) is 5.96 Å². The Kier molecular flexibility index (Phi) is 9.93. The van der Waals surface area contributed by atoms with Crippen molar-refractivity contribution >= 4 is 11.6 Å². The Balaban J connectivity index is 1.66. The molecule has 0 amide bonds. The molecule has 7 heteroatoms. The summed E-state index contributed by atoms with van der Waals surface area (Å²) in [5, 5.41) is 6.89. The Morgan fingerprint density at radius 3 is 2.89 bits per heavy atom. The van der Waals surface area contributed by atoms with Crippen molar-refractivity contribution in [3.05, 3.63) is 24.3 Å². The Labute approximate surface area is 170 Å². The minimum Gasteiger partial charge on any atom is -0.497 e. The largest absolute Gasteiger partial charge is 0.497 e. The zero-order valence-electron chi connectivity index (χ0n) is 17.9. The van der Waals surface area contributed by atoms with Crippen LogP contribution in [0.2, 0.25) is 0 Å². The van der Waals surface area contributed by atoms with Crippen LogP contribution >= 0.6 is 0 Å². The summed E-state index contributed by atoms with van der Waals surface area (Å²) < 4.78 is 10.4. The van der Waals surface area contributed by atoms with Crippen molar-refractivity contribution in [2.75, 3.05) is 79.1 Å². The lowest BCUT2D eigenvalue weighted by Crippen LogP contribution is -2.43. The van der Waals surface area contributed by atoms with Crippen molar-refractivity contribution in [1.82, 2.24) is 15.5 Å². The van der Waals surface area contributed by atoms with E-state index in [2.05, 4.69) is 50.7 Å². The van der Waals surface area contributed by atoms with Crippen LogP contribution in [-0.4, -0.2) is 85.0 Å². The standard InChI is InChI=1S/C21H37N5O2/c1-22-21(23-10-13-25(2)11-6-14-27-3)24-16-18-9-12-26(17-18)19-7-5-8-20(15-19)28-4/h5,7-8,15,18H,6,9-14,16-17H2,1-4H3,(H2,22,23,24). The van der Waals surface area contributed by atoms with E-state index in [4.69, 9.17) is 9.47 Å². The molecule has 158 valence electrons. The Morgan fingerprint density at radius 2 is 2.14 bits per heavy atom. The third-order valence-corrected chi connectivity index (χ3v) is 5.16. The summed E-state index contributed by atoms with van der Waals surface area (Å²) in [6, 6.07) is 8.31. The molecule has 28 heavy (non-hydrogen) atoms. The lowest BCUT2D eigenvalue weighted by Gasteiger charge is -2.20. The van der Waals surface area contributed by atoms with Gasteiger partial charge < -0.3 is 29.9 Å². The molecule has 1 aromatic carbocycles. The van der Waals surface area contributed by atoms with Gasteiger partial charge in [0.2, 0.25) is 0 Å². The number of methoxy groups -OCH3 is 2. The Hall–Kier alpha value is -1.99. The van der Waals surface area contributed by atoms with E-state index in [0.717, 1.165) is 64.0 Å². The fourth-order valence-electron chi connectivity index (χ4n) is 3.46. The van der Waals surface area contributed by atoms with E-state index in [1.165, 1.54) is 12.1 Å². The fourth-order valence-corrected chi connectivity index (χ4v) is 3.46. The number of guanidine groups is 1. The van der Waals surface area contributed by atoms with E-state index in [1.54, 1.807) is 14.2 Å². The first-order valence-corrected chi connectivity index (χ1v) is 10.2. The van der Waals surface area contributed by atoms with Crippen LogP contribution in [-0.2, 0) is 4.74 Å². The van der Waals surface area contributed by atoms with Crippen molar-refractivity contribution in [3.8, 4) is 5.75 Å². The topological polar surface area (TPSA) is 61.4 Å². The van der Waals surface area contributed by atoms with Crippen molar-refractivity contribution in [2.45, 2.75) is 12.8 Å². The second-order valence-electron chi connectivity index (χ2n) is 7.33. The maximum Gasteiger partial charge on any atom is 0.191 e. The number of hydrogen-bond donors (Lipinski definition) is 2. The van der Waals surface area contributed by atoms with Gasteiger partial charge in [-0.25, -0.2) is 0 Å². The third kappa shape index (κ3) is 7.56. The van der Waals surface area contributed by atoms with Gasteiger partial charge in [-0.1, -0.05) is 6.07 Å². The van der Waals surface area contributed by atoms with Crippen molar-refractivity contribution < 1.29 is 9.47 Å². The van der Waals surface area contributed by atoms with Gasteiger partial charge in [-0.05, 0) is 37.9 Å². The molecule has 1 aromatic rings. The number of rotatable bonds is 11. The first-order valence-electron chi connectivity index (χ1n) is 10.2. The van der Waals surface area contributed by atoms with Gasteiger partial charge in [-0.3, -0.25) is 4.99 Å². The van der Waals surface area contributed by atoms with Crippen LogP contribution in [0.15, 0.2) is 29.3 Å². The Bertz CT molecular complexity index is 596. The molecule has 0 aliphatic carbocycles. The molecule has 0 aromatic heterocycles. The van der Waals surface area contributed by atoms with Crippen LogP contribution in [0.5, 0.6) is 5.75 Å². The maximum atomic E-state index is 5.34. The number of benzene rings is 1. The predicted octanol–water partition coefficient (Wildman–Crippen LogP) is 1.65. The summed E-state index contributed by atoms with van der Waals surface area (Å²) in [7, 11) is 7.43. The molecule has 0 radical (unpaired) electrons. The molecule has 7 nitrogen and oxygen atoms in total. The minimum absolute atomic E-state index is 0.612. The van der Waals surface area contributed by atoms with Crippen LogP contribution < -0.4 is 20.3 Å². The predicted molar refractivity (Wildman–Crippen MR) is 117 cm³/mol. The zero-order chi connectivity index (χ0) is 20.2. The average molecular weight is 392 g/mol. The molecule has 1 atom stereocenters. The van der Waals surface area contributed by atoms with Gasteiger partial charge >= 0.3 is 0 Å². The van der Waals surface area contributed by atoms with Crippen LogP contribution in [0.3, 0.4) is 0 Å². The summed E-state index contributed by atoms with van der Waals surface area (Å²) in [5.74, 6) is 2.41. The van der Waals surface area contributed by atoms with Gasteiger partial charge in [-0.15, -0.1) is 0 Å². The quantitative estimate of drug-likeness (QED) is 0.340. The fraction of sp³-hybridized carbons (Fsp3) is 0.667. The number of ether oxygens (including phenoxy) is 2. The average Bonchev–Trinajstić information content (AvgIpc) is 3.20. The maximum absolute atomic E-state index is 5.34. The molecule has 1 aliphatic rings. The molecule has 2 N–H and O–H groups in total. The molecule has 0 spiro atoms.